The Labute approximate surface area is 193 Å². The normalized spacial score (nSPS) is 34.2. The molecule has 2 heterocycles. The van der Waals surface area contributed by atoms with Gasteiger partial charge in [0.1, 0.15) is 0 Å². The van der Waals surface area contributed by atoms with E-state index in [0.29, 0.717) is 44.9 Å². The van der Waals surface area contributed by atoms with Crippen molar-refractivity contribution in [3.8, 4) is 0 Å². The molecular formula is C24H46O8. The molecule has 0 aromatic carbocycles. The molecule has 2 saturated heterocycles. The molecule has 0 aromatic rings. The molecule has 9 atom stereocenters. The van der Waals surface area contributed by atoms with Gasteiger partial charge in [0.25, 0.3) is 0 Å². The predicted octanol–water partition coefficient (Wildman–Crippen LogP) is 2.63. The summed E-state index contributed by atoms with van der Waals surface area (Å²) in [4.78, 5) is 0. The Bertz CT molecular complexity index is 489. The van der Waals surface area contributed by atoms with E-state index in [2.05, 4.69) is 13.8 Å². The molecule has 0 amide bonds. The first kappa shape index (κ1) is 27.9. The van der Waals surface area contributed by atoms with Crippen LogP contribution < -0.4 is 0 Å². The van der Waals surface area contributed by atoms with E-state index >= 15 is 0 Å². The quantitative estimate of drug-likeness (QED) is 0.311. The van der Waals surface area contributed by atoms with E-state index in [1.807, 2.05) is 0 Å². The molecule has 4 N–H and O–H groups in total. The van der Waals surface area contributed by atoms with Gasteiger partial charge in [0.05, 0.1) is 42.7 Å². The van der Waals surface area contributed by atoms with Crippen LogP contribution in [0.3, 0.4) is 0 Å². The van der Waals surface area contributed by atoms with Gasteiger partial charge in [-0.3, -0.25) is 0 Å². The van der Waals surface area contributed by atoms with Crippen molar-refractivity contribution in [2.24, 2.45) is 0 Å². The van der Waals surface area contributed by atoms with Crippen molar-refractivity contribution in [2.45, 2.75) is 147 Å². The standard InChI is InChI=1S/C24H46O8/c1-4-6-23-29-19(11-17(27)8-9-25)13-21(31-23)15-22-14-20(12-18(28)10-16(3)26)30-24(32-22)7-5-2/h16-28H,4-15H2,1-3H3. The molecule has 0 radical (unpaired) electrons. The lowest BCUT2D eigenvalue weighted by Gasteiger charge is -2.41. The van der Waals surface area contributed by atoms with Gasteiger partial charge in [-0.2, -0.15) is 0 Å². The molecule has 8 heteroatoms. The highest BCUT2D eigenvalue weighted by Gasteiger charge is 2.36. The van der Waals surface area contributed by atoms with Crippen LogP contribution in [-0.4, -0.2) is 82.3 Å². The third kappa shape index (κ3) is 10.3. The van der Waals surface area contributed by atoms with E-state index in [0.717, 1.165) is 25.7 Å². The van der Waals surface area contributed by atoms with Crippen molar-refractivity contribution < 1.29 is 39.4 Å². The molecule has 0 aromatic heterocycles. The minimum atomic E-state index is -0.605. The summed E-state index contributed by atoms with van der Waals surface area (Å²) in [5.41, 5.74) is 0. The van der Waals surface area contributed by atoms with E-state index in [1.54, 1.807) is 6.92 Å². The zero-order valence-corrected chi connectivity index (χ0v) is 20.1. The second kappa shape index (κ2) is 14.8. The van der Waals surface area contributed by atoms with Gasteiger partial charge in [-0.1, -0.05) is 26.7 Å². The highest BCUT2D eigenvalue weighted by atomic mass is 16.7. The third-order valence-electron chi connectivity index (χ3n) is 6.15. The number of aliphatic hydroxyl groups is 4. The molecule has 0 saturated carbocycles. The second-order valence-corrected chi connectivity index (χ2v) is 9.55. The number of hydrogen-bond acceptors (Lipinski definition) is 8. The topological polar surface area (TPSA) is 118 Å². The summed E-state index contributed by atoms with van der Waals surface area (Å²) in [6.45, 7) is 5.82. The molecular weight excluding hydrogens is 416 g/mol. The van der Waals surface area contributed by atoms with Crippen LogP contribution in [0.2, 0.25) is 0 Å². The van der Waals surface area contributed by atoms with Crippen LogP contribution in [-0.2, 0) is 18.9 Å². The molecule has 0 bridgehead atoms. The number of ether oxygens (including phenoxy) is 4. The summed E-state index contributed by atoms with van der Waals surface area (Å²) in [6, 6.07) is 0. The molecule has 2 fully saturated rings. The average Bonchev–Trinajstić information content (AvgIpc) is 2.67. The van der Waals surface area contributed by atoms with Gasteiger partial charge < -0.3 is 39.4 Å². The molecule has 2 aliphatic heterocycles. The summed E-state index contributed by atoms with van der Waals surface area (Å²) in [6.07, 6.45) is 4.56. The van der Waals surface area contributed by atoms with E-state index in [4.69, 9.17) is 24.1 Å². The van der Waals surface area contributed by atoms with Crippen molar-refractivity contribution in [1.82, 2.24) is 0 Å². The molecule has 0 aliphatic carbocycles. The van der Waals surface area contributed by atoms with Crippen LogP contribution in [0.25, 0.3) is 0 Å². The molecule has 2 aliphatic rings. The average molecular weight is 463 g/mol. The Hall–Kier alpha value is -0.320. The van der Waals surface area contributed by atoms with Crippen molar-refractivity contribution in [3.63, 3.8) is 0 Å². The van der Waals surface area contributed by atoms with Crippen LogP contribution >= 0.6 is 0 Å². The van der Waals surface area contributed by atoms with Crippen LogP contribution in [0, 0.1) is 0 Å². The summed E-state index contributed by atoms with van der Waals surface area (Å²) < 4.78 is 24.5. The number of aliphatic hydroxyl groups excluding tert-OH is 4. The zero-order chi connectivity index (χ0) is 23.5. The monoisotopic (exact) mass is 462 g/mol. The Kier molecular flexibility index (Phi) is 12.9. The fourth-order valence-corrected chi connectivity index (χ4v) is 4.74. The van der Waals surface area contributed by atoms with Crippen LogP contribution in [0.5, 0.6) is 0 Å². The fourth-order valence-electron chi connectivity index (χ4n) is 4.74. The maximum absolute atomic E-state index is 10.3. The lowest BCUT2D eigenvalue weighted by atomic mass is 9.94. The number of hydrogen-bond donors (Lipinski definition) is 4. The minimum absolute atomic E-state index is 0.0385. The lowest BCUT2D eigenvalue weighted by Crippen LogP contribution is -2.45. The zero-order valence-electron chi connectivity index (χ0n) is 20.1. The van der Waals surface area contributed by atoms with E-state index in [9.17, 15) is 15.3 Å². The van der Waals surface area contributed by atoms with Gasteiger partial charge in [0.15, 0.2) is 12.6 Å². The Morgan fingerprint density at radius 3 is 1.66 bits per heavy atom. The van der Waals surface area contributed by atoms with Gasteiger partial charge >= 0.3 is 0 Å². The van der Waals surface area contributed by atoms with Crippen LogP contribution in [0.1, 0.15) is 91.4 Å². The molecule has 32 heavy (non-hydrogen) atoms. The Morgan fingerprint density at radius 1 is 0.750 bits per heavy atom. The smallest absolute Gasteiger partial charge is 0.158 e. The van der Waals surface area contributed by atoms with Crippen molar-refractivity contribution in [1.29, 1.82) is 0 Å². The largest absolute Gasteiger partial charge is 0.396 e. The van der Waals surface area contributed by atoms with Gasteiger partial charge in [-0.25, -0.2) is 0 Å². The minimum Gasteiger partial charge on any atom is -0.396 e. The maximum Gasteiger partial charge on any atom is 0.158 e. The number of rotatable bonds is 14. The van der Waals surface area contributed by atoms with Crippen LogP contribution in [0.15, 0.2) is 0 Å². The van der Waals surface area contributed by atoms with Gasteiger partial charge in [-0.15, -0.1) is 0 Å². The second-order valence-electron chi connectivity index (χ2n) is 9.55. The summed E-state index contributed by atoms with van der Waals surface area (Å²) in [5, 5.41) is 39.1. The van der Waals surface area contributed by atoms with E-state index in [-0.39, 0.29) is 43.6 Å². The first-order chi connectivity index (χ1) is 15.3. The SMILES string of the molecule is CCCC1OC(CC(O)CCO)CC(CC2CC(CC(O)CC(C)O)OC(CCC)O2)O1. The van der Waals surface area contributed by atoms with E-state index < -0.39 is 18.3 Å². The van der Waals surface area contributed by atoms with Crippen molar-refractivity contribution >= 4 is 0 Å². The van der Waals surface area contributed by atoms with Crippen LogP contribution in [0.4, 0.5) is 0 Å². The Morgan fingerprint density at radius 2 is 1.22 bits per heavy atom. The first-order valence-electron chi connectivity index (χ1n) is 12.6. The highest BCUT2D eigenvalue weighted by molar-refractivity contribution is 4.82. The summed E-state index contributed by atoms with van der Waals surface area (Å²) in [5.74, 6) is 0. The molecule has 8 nitrogen and oxygen atoms in total. The third-order valence-corrected chi connectivity index (χ3v) is 6.15. The molecule has 190 valence electrons. The molecule has 9 unspecified atom stereocenters. The summed E-state index contributed by atoms with van der Waals surface area (Å²) in [7, 11) is 0. The first-order valence-corrected chi connectivity index (χ1v) is 12.6. The predicted molar refractivity (Wildman–Crippen MR) is 120 cm³/mol. The highest BCUT2D eigenvalue weighted by Crippen LogP contribution is 2.32. The molecule has 0 spiro atoms. The van der Waals surface area contributed by atoms with Gasteiger partial charge in [0.2, 0.25) is 0 Å². The fraction of sp³-hybridized carbons (Fsp3) is 1.00. The lowest BCUT2D eigenvalue weighted by molar-refractivity contribution is -0.277. The maximum atomic E-state index is 10.3. The van der Waals surface area contributed by atoms with Gasteiger partial charge in [0, 0.05) is 25.9 Å². The van der Waals surface area contributed by atoms with E-state index in [1.165, 1.54) is 0 Å². The molecule has 2 rings (SSSR count). The van der Waals surface area contributed by atoms with Crippen molar-refractivity contribution in [3.05, 3.63) is 0 Å². The van der Waals surface area contributed by atoms with Gasteiger partial charge in [-0.05, 0) is 45.4 Å². The Balaban J connectivity index is 1.97. The summed E-state index contributed by atoms with van der Waals surface area (Å²) >= 11 is 0. The van der Waals surface area contributed by atoms with Crippen molar-refractivity contribution in [2.75, 3.05) is 6.61 Å².